The molecule has 3 atom stereocenters. The average Bonchev–Trinajstić information content (AvgIpc) is 2.54. The van der Waals surface area contributed by atoms with Crippen molar-refractivity contribution in [3.8, 4) is 0 Å². The Morgan fingerprint density at radius 1 is 1.27 bits per heavy atom. The number of hydrogen-bond acceptors (Lipinski definition) is 4. The first-order valence-electron chi connectivity index (χ1n) is 7.29. The molecule has 22 heavy (non-hydrogen) atoms. The zero-order valence-corrected chi connectivity index (χ0v) is 13.1. The van der Waals surface area contributed by atoms with Gasteiger partial charge >= 0.3 is 12.0 Å². The molecule has 0 aliphatic carbocycles. The highest BCUT2D eigenvalue weighted by atomic mass is 16.5. The number of rotatable bonds is 5. The van der Waals surface area contributed by atoms with Crippen molar-refractivity contribution in [2.24, 2.45) is 5.92 Å². The number of nitrogens with one attached hydrogen (secondary N) is 1. The first kappa shape index (κ1) is 16.3. The van der Waals surface area contributed by atoms with E-state index in [9.17, 15) is 9.59 Å². The lowest BCUT2D eigenvalue weighted by Gasteiger charge is -2.43. The van der Waals surface area contributed by atoms with Crippen molar-refractivity contribution in [1.82, 2.24) is 10.2 Å². The number of nitrogens with zero attached hydrogens (tertiary/aromatic N) is 1. The number of carbonyl (C=O) groups excluding carboxylic acids is 2. The van der Waals surface area contributed by atoms with E-state index in [4.69, 9.17) is 9.47 Å². The minimum absolute atomic E-state index is 0.196. The van der Waals surface area contributed by atoms with E-state index in [1.807, 2.05) is 37.3 Å². The molecule has 120 valence electrons. The highest BCUT2D eigenvalue weighted by Gasteiger charge is 2.44. The number of esters is 1. The van der Waals surface area contributed by atoms with Crippen molar-refractivity contribution in [1.29, 1.82) is 0 Å². The molecule has 6 heteroatoms. The van der Waals surface area contributed by atoms with E-state index in [1.54, 1.807) is 12.0 Å². The van der Waals surface area contributed by atoms with Gasteiger partial charge in [-0.1, -0.05) is 30.3 Å². The van der Waals surface area contributed by atoms with Crippen molar-refractivity contribution < 1.29 is 19.1 Å². The molecule has 1 heterocycles. The SMILES string of the molecule is COCCN1C(=O)N[C@@H](c2ccccc2)[C@H](C(=O)OC)[C@H]1C. The Balaban J connectivity index is 2.30. The summed E-state index contributed by atoms with van der Waals surface area (Å²) in [4.78, 5) is 26.2. The summed E-state index contributed by atoms with van der Waals surface area (Å²) in [5.41, 5.74) is 0.893. The van der Waals surface area contributed by atoms with Crippen LogP contribution in [0.2, 0.25) is 0 Å². The van der Waals surface area contributed by atoms with Crippen molar-refractivity contribution in [2.45, 2.75) is 19.0 Å². The minimum atomic E-state index is -0.470. The van der Waals surface area contributed by atoms with Gasteiger partial charge in [-0.2, -0.15) is 0 Å². The van der Waals surface area contributed by atoms with Crippen LogP contribution in [0.15, 0.2) is 30.3 Å². The van der Waals surface area contributed by atoms with Crippen molar-refractivity contribution >= 4 is 12.0 Å². The molecule has 1 saturated heterocycles. The van der Waals surface area contributed by atoms with Gasteiger partial charge in [-0.25, -0.2) is 4.79 Å². The smallest absolute Gasteiger partial charge is 0.318 e. The van der Waals surface area contributed by atoms with Crippen LogP contribution in [0.4, 0.5) is 4.79 Å². The van der Waals surface area contributed by atoms with Gasteiger partial charge in [0.25, 0.3) is 0 Å². The van der Waals surface area contributed by atoms with Crippen molar-refractivity contribution in [3.05, 3.63) is 35.9 Å². The van der Waals surface area contributed by atoms with E-state index in [0.29, 0.717) is 13.2 Å². The molecule has 1 aromatic rings. The van der Waals surface area contributed by atoms with E-state index in [-0.39, 0.29) is 18.0 Å². The van der Waals surface area contributed by atoms with E-state index in [0.717, 1.165) is 5.56 Å². The second kappa shape index (κ2) is 7.26. The third-order valence-electron chi connectivity index (χ3n) is 4.08. The van der Waals surface area contributed by atoms with E-state index < -0.39 is 12.0 Å². The number of carbonyl (C=O) groups is 2. The molecule has 0 saturated carbocycles. The van der Waals surface area contributed by atoms with Crippen LogP contribution >= 0.6 is 0 Å². The van der Waals surface area contributed by atoms with Gasteiger partial charge in [-0.05, 0) is 12.5 Å². The van der Waals surface area contributed by atoms with Crippen molar-refractivity contribution in [3.63, 3.8) is 0 Å². The van der Waals surface area contributed by atoms with Crippen LogP contribution in [-0.4, -0.2) is 50.3 Å². The molecule has 6 nitrogen and oxygen atoms in total. The first-order valence-corrected chi connectivity index (χ1v) is 7.29. The normalized spacial score (nSPS) is 24.8. The number of methoxy groups -OCH3 is 2. The fourth-order valence-corrected chi connectivity index (χ4v) is 2.88. The van der Waals surface area contributed by atoms with Crippen molar-refractivity contribution in [2.75, 3.05) is 27.4 Å². The second-order valence-electron chi connectivity index (χ2n) is 5.31. The minimum Gasteiger partial charge on any atom is -0.469 e. The molecule has 1 aliphatic rings. The fraction of sp³-hybridized carbons (Fsp3) is 0.500. The molecule has 0 bridgehead atoms. The van der Waals surface area contributed by atoms with E-state index >= 15 is 0 Å². The topological polar surface area (TPSA) is 67.9 Å². The Morgan fingerprint density at radius 3 is 2.55 bits per heavy atom. The molecule has 1 N–H and O–H groups in total. The maximum absolute atomic E-state index is 12.4. The summed E-state index contributed by atoms with van der Waals surface area (Å²) in [6, 6.07) is 8.61. The third-order valence-corrected chi connectivity index (χ3v) is 4.08. The molecule has 1 aliphatic heterocycles. The number of benzene rings is 1. The van der Waals surface area contributed by atoms with Crippen LogP contribution in [0.5, 0.6) is 0 Å². The highest BCUT2D eigenvalue weighted by Crippen LogP contribution is 2.32. The van der Waals surface area contributed by atoms with Crippen LogP contribution in [0.25, 0.3) is 0 Å². The van der Waals surface area contributed by atoms with Crippen LogP contribution in [-0.2, 0) is 14.3 Å². The maximum Gasteiger partial charge on any atom is 0.318 e. The van der Waals surface area contributed by atoms with Crippen LogP contribution in [0, 0.1) is 5.92 Å². The summed E-state index contributed by atoms with van der Waals surface area (Å²) in [6.45, 7) is 2.71. The third kappa shape index (κ3) is 3.22. The first-order chi connectivity index (χ1) is 10.6. The summed E-state index contributed by atoms with van der Waals surface area (Å²) >= 11 is 0. The van der Waals surface area contributed by atoms with Gasteiger partial charge in [-0.3, -0.25) is 4.79 Å². The lowest BCUT2D eigenvalue weighted by molar-refractivity contribution is -0.149. The standard InChI is InChI=1S/C16H22N2O4/c1-11-13(15(19)22-3)14(12-7-5-4-6-8-12)17-16(20)18(11)9-10-21-2/h4-8,11,13-14H,9-10H2,1-3H3,(H,17,20)/t11-,13-,14+/m1/s1. The molecule has 2 amide bonds. The summed E-state index contributed by atoms with van der Waals surface area (Å²) < 4.78 is 9.99. The molecule has 0 unspecified atom stereocenters. The Morgan fingerprint density at radius 2 is 1.95 bits per heavy atom. The van der Waals surface area contributed by atoms with Gasteiger partial charge in [0.05, 0.1) is 19.8 Å². The van der Waals surface area contributed by atoms with Crippen LogP contribution in [0.1, 0.15) is 18.5 Å². The predicted molar refractivity (Wildman–Crippen MR) is 81.3 cm³/mol. The van der Waals surface area contributed by atoms with Gasteiger partial charge in [0.1, 0.15) is 5.92 Å². The molecular formula is C16H22N2O4. The Kier molecular flexibility index (Phi) is 5.38. The Bertz CT molecular complexity index is 520. The van der Waals surface area contributed by atoms with Gasteiger partial charge < -0.3 is 19.7 Å². The molecule has 2 rings (SSSR count). The van der Waals surface area contributed by atoms with Gasteiger partial charge in [0, 0.05) is 19.7 Å². The summed E-state index contributed by atoms with van der Waals surface area (Å²) in [5, 5.41) is 2.92. The maximum atomic E-state index is 12.4. The monoisotopic (exact) mass is 306 g/mol. The quantitative estimate of drug-likeness (QED) is 0.839. The number of amides is 2. The number of urea groups is 1. The molecule has 0 spiro atoms. The van der Waals surface area contributed by atoms with Crippen LogP contribution < -0.4 is 5.32 Å². The summed E-state index contributed by atoms with van der Waals surface area (Å²) in [7, 11) is 2.95. The average molecular weight is 306 g/mol. The zero-order valence-electron chi connectivity index (χ0n) is 13.1. The number of ether oxygens (including phenoxy) is 2. The predicted octanol–water partition coefficient (Wildman–Crippen LogP) is 1.58. The fourth-order valence-electron chi connectivity index (χ4n) is 2.88. The molecule has 1 fully saturated rings. The Hall–Kier alpha value is -2.08. The van der Waals surface area contributed by atoms with Crippen LogP contribution in [0.3, 0.4) is 0 Å². The van der Waals surface area contributed by atoms with Gasteiger partial charge in [0.15, 0.2) is 0 Å². The van der Waals surface area contributed by atoms with Gasteiger partial charge in [-0.15, -0.1) is 0 Å². The lowest BCUT2D eigenvalue weighted by Crippen LogP contribution is -2.60. The molecule has 1 aromatic carbocycles. The second-order valence-corrected chi connectivity index (χ2v) is 5.31. The molecule has 0 aromatic heterocycles. The lowest BCUT2D eigenvalue weighted by atomic mass is 9.85. The highest BCUT2D eigenvalue weighted by molar-refractivity contribution is 5.82. The molecule has 0 radical (unpaired) electrons. The summed E-state index contributed by atoms with van der Waals surface area (Å²) in [6.07, 6.45) is 0. The van der Waals surface area contributed by atoms with E-state index in [1.165, 1.54) is 7.11 Å². The summed E-state index contributed by atoms with van der Waals surface area (Å²) in [5.74, 6) is -0.800. The number of hydrogen-bond donors (Lipinski definition) is 1. The van der Waals surface area contributed by atoms with Gasteiger partial charge in [0.2, 0.25) is 0 Å². The van der Waals surface area contributed by atoms with E-state index in [2.05, 4.69) is 5.32 Å². The largest absolute Gasteiger partial charge is 0.469 e. The Labute approximate surface area is 130 Å². The molecular weight excluding hydrogens is 284 g/mol. The zero-order chi connectivity index (χ0) is 16.1.